The zero-order chi connectivity index (χ0) is 9.97. The smallest absolute Gasteiger partial charge is 0.0872 e. The molecule has 0 amide bonds. The van der Waals surface area contributed by atoms with E-state index < -0.39 is 0 Å². The summed E-state index contributed by atoms with van der Waals surface area (Å²) in [5.41, 5.74) is 8.40. The van der Waals surface area contributed by atoms with Crippen molar-refractivity contribution in [1.82, 2.24) is 20.0 Å². The molecule has 0 aromatic carbocycles. The second-order valence-electron chi connectivity index (χ2n) is 3.08. The first-order valence-corrected chi connectivity index (χ1v) is 4.29. The van der Waals surface area contributed by atoms with Gasteiger partial charge in [-0.1, -0.05) is 0 Å². The van der Waals surface area contributed by atoms with Crippen LogP contribution in [-0.2, 0) is 13.5 Å². The van der Waals surface area contributed by atoms with Crippen molar-refractivity contribution in [3.05, 3.63) is 35.9 Å². The Hall–Kier alpha value is -1.91. The molecule has 0 saturated carbocycles. The molecule has 0 saturated heterocycles. The molecule has 5 nitrogen and oxygen atoms in total. The van der Waals surface area contributed by atoms with E-state index in [0.717, 1.165) is 16.9 Å². The Morgan fingerprint density at radius 1 is 1.43 bits per heavy atom. The zero-order valence-corrected chi connectivity index (χ0v) is 7.88. The number of hydrogen-bond acceptors (Lipinski definition) is 4. The summed E-state index contributed by atoms with van der Waals surface area (Å²) in [5.74, 6) is 0. The lowest BCUT2D eigenvalue weighted by molar-refractivity contribution is 0.647. The fraction of sp³-hybridized carbons (Fsp3) is 0.222. The molecule has 5 heteroatoms. The van der Waals surface area contributed by atoms with E-state index in [0.29, 0.717) is 6.42 Å². The van der Waals surface area contributed by atoms with Crippen LogP contribution < -0.4 is 5.73 Å². The average Bonchev–Trinajstić information content (AvgIpc) is 2.56. The second kappa shape index (κ2) is 3.45. The van der Waals surface area contributed by atoms with Crippen LogP contribution in [0, 0.1) is 0 Å². The molecule has 0 unspecified atom stereocenters. The van der Waals surface area contributed by atoms with Gasteiger partial charge < -0.3 is 5.73 Å². The van der Waals surface area contributed by atoms with Crippen LogP contribution in [0.2, 0.25) is 0 Å². The summed E-state index contributed by atoms with van der Waals surface area (Å²) in [4.78, 5) is 5.54. The van der Waals surface area contributed by atoms with Gasteiger partial charge in [-0.15, -0.1) is 0 Å². The van der Waals surface area contributed by atoms with E-state index in [2.05, 4.69) is 15.2 Å². The van der Waals surface area contributed by atoms with Gasteiger partial charge in [0, 0.05) is 31.5 Å². The monoisotopic (exact) mass is 189 g/mol. The van der Waals surface area contributed by atoms with Crippen LogP contribution in [0.4, 0.5) is 5.69 Å². The number of rotatable bonds is 2. The Labute approximate surface area is 81.6 Å². The third-order valence-electron chi connectivity index (χ3n) is 1.96. The largest absolute Gasteiger partial charge is 0.398 e. The number of aromatic nitrogens is 4. The van der Waals surface area contributed by atoms with Gasteiger partial charge in [-0.2, -0.15) is 15.0 Å². The van der Waals surface area contributed by atoms with Crippen LogP contribution >= 0.6 is 0 Å². The molecule has 0 fully saturated rings. The minimum absolute atomic E-state index is 0.674. The minimum atomic E-state index is 0.674. The lowest BCUT2D eigenvalue weighted by Crippen LogP contribution is -1.98. The maximum Gasteiger partial charge on any atom is 0.0872 e. The van der Waals surface area contributed by atoms with Gasteiger partial charge in [0.05, 0.1) is 11.9 Å². The quantitative estimate of drug-likeness (QED) is 0.741. The van der Waals surface area contributed by atoms with Gasteiger partial charge in [-0.3, -0.25) is 4.98 Å². The fourth-order valence-electron chi connectivity index (χ4n) is 1.25. The summed E-state index contributed by atoms with van der Waals surface area (Å²) in [5, 5.41) is 8.16. The van der Waals surface area contributed by atoms with Gasteiger partial charge >= 0.3 is 0 Å². The van der Waals surface area contributed by atoms with Gasteiger partial charge in [0.2, 0.25) is 0 Å². The van der Waals surface area contributed by atoms with E-state index in [4.69, 9.17) is 5.73 Å². The summed E-state index contributed by atoms with van der Waals surface area (Å²) in [6.07, 6.45) is 5.83. The first kappa shape index (κ1) is 8.68. The van der Waals surface area contributed by atoms with Crippen LogP contribution in [0.1, 0.15) is 11.3 Å². The highest BCUT2D eigenvalue weighted by Crippen LogP contribution is 2.12. The Kier molecular flexibility index (Phi) is 2.14. The highest BCUT2D eigenvalue weighted by atomic mass is 15.4. The van der Waals surface area contributed by atoms with Crippen molar-refractivity contribution in [2.75, 3.05) is 5.73 Å². The Bertz CT molecular complexity index is 434. The first-order valence-electron chi connectivity index (χ1n) is 4.29. The summed E-state index contributed by atoms with van der Waals surface area (Å²) in [6.45, 7) is 0. The first-order chi connectivity index (χ1) is 6.75. The number of hydrogen-bond donors (Lipinski definition) is 1. The number of aryl methyl sites for hydroxylation is 1. The van der Waals surface area contributed by atoms with Gasteiger partial charge in [-0.05, 0) is 11.6 Å². The second-order valence-corrected chi connectivity index (χ2v) is 3.08. The summed E-state index contributed by atoms with van der Waals surface area (Å²) in [7, 11) is 1.79. The topological polar surface area (TPSA) is 69.6 Å². The lowest BCUT2D eigenvalue weighted by Gasteiger charge is -2.00. The zero-order valence-electron chi connectivity index (χ0n) is 7.88. The van der Waals surface area contributed by atoms with E-state index in [1.54, 1.807) is 31.7 Å². The number of nitrogen functional groups attached to an aromatic ring is 1. The molecule has 0 radical (unpaired) electrons. The van der Waals surface area contributed by atoms with Crippen molar-refractivity contribution < 1.29 is 0 Å². The molecule has 0 aliphatic heterocycles. The lowest BCUT2D eigenvalue weighted by atomic mass is 10.1. The highest BCUT2D eigenvalue weighted by Gasteiger charge is 2.03. The molecule has 2 rings (SSSR count). The third kappa shape index (κ3) is 1.71. The number of pyridine rings is 1. The van der Waals surface area contributed by atoms with Crippen molar-refractivity contribution >= 4 is 5.69 Å². The number of nitrogens with zero attached hydrogens (tertiary/aromatic N) is 4. The molecule has 0 aliphatic carbocycles. The maximum absolute atomic E-state index is 5.78. The van der Waals surface area contributed by atoms with E-state index in [-0.39, 0.29) is 0 Å². The third-order valence-corrected chi connectivity index (χ3v) is 1.96. The Balaban J connectivity index is 2.23. The molecule has 0 atom stereocenters. The summed E-state index contributed by atoms with van der Waals surface area (Å²) >= 11 is 0. The van der Waals surface area contributed by atoms with Crippen LogP contribution in [0.25, 0.3) is 0 Å². The number of anilines is 1. The normalized spacial score (nSPS) is 10.4. The molecular formula is C9H11N5. The van der Waals surface area contributed by atoms with Crippen molar-refractivity contribution in [2.24, 2.45) is 7.05 Å². The standard InChI is InChI=1S/C9H11N5/c1-14-12-6-8(13-14)4-7-5-11-3-2-9(7)10/h2-3,5-6H,4H2,1H3,(H2,10,11). The van der Waals surface area contributed by atoms with Crippen LogP contribution in [0.15, 0.2) is 24.7 Å². The van der Waals surface area contributed by atoms with Crippen molar-refractivity contribution in [3.63, 3.8) is 0 Å². The minimum Gasteiger partial charge on any atom is -0.398 e. The van der Waals surface area contributed by atoms with Gasteiger partial charge in [0.25, 0.3) is 0 Å². The van der Waals surface area contributed by atoms with Crippen molar-refractivity contribution in [2.45, 2.75) is 6.42 Å². The molecule has 0 spiro atoms. The predicted octanol–water partition coefficient (Wildman–Crippen LogP) is 0.383. The van der Waals surface area contributed by atoms with Crippen LogP contribution in [-0.4, -0.2) is 20.0 Å². The highest BCUT2D eigenvalue weighted by molar-refractivity contribution is 5.45. The molecule has 2 aromatic rings. The van der Waals surface area contributed by atoms with Gasteiger partial charge in [0.1, 0.15) is 0 Å². The molecule has 2 aromatic heterocycles. The molecule has 2 N–H and O–H groups in total. The molecule has 72 valence electrons. The molecular weight excluding hydrogens is 178 g/mol. The van der Waals surface area contributed by atoms with E-state index in [9.17, 15) is 0 Å². The Morgan fingerprint density at radius 3 is 2.93 bits per heavy atom. The van der Waals surface area contributed by atoms with Gasteiger partial charge in [-0.25, -0.2) is 0 Å². The molecule has 0 aliphatic rings. The number of nitrogens with two attached hydrogens (primary N) is 1. The SMILES string of the molecule is Cn1ncc(Cc2cnccc2N)n1. The Morgan fingerprint density at radius 2 is 2.29 bits per heavy atom. The van der Waals surface area contributed by atoms with Crippen LogP contribution in [0.5, 0.6) is 0 Å². The van der Waals surface area contributed by atoms with E-state index in [1.807, 2.05) is 0 Å². The van der Waals surface area contributed by atoms with E-state index in [1.165, 1.54) is 4.80 Å². The van der Waals surface area contributed by atoms with Crippen LogP contribution in [0.3, 0.4) is 0 Å². The fourth-order valence-corrected chi connectivity index (χ4v) is 1.25. The van der Waals surface area contributed by atoms with Crippen molar-refractivity contribution in [3.8, 4) is 0 Å². The maximum atomic E-state index is 5.78. The average molecular weight is 189 g/mol. The van der Waals surface area contributed by atoms with Gasteiger partial charge in [0.15, 0.2) is 0 Å². The molecule has 0 bridgehead atoms. The summed E-state index contributed by atoms with van der Waals surface area (Å²) < 4.78 is 0. The molecule has 2 heterocycles. The summed E-state index contributed by atoms with van der Waals surface area (Å²) in [6, 6.07) is 1.78. The molecule has 14 heavy (non-hydrogen) atoms. The van der Waals surface area contributed by atoms with Crippen molar-refractivity contribution in [1.29, 1.82) is 0 Å². The van der Waals surface area contributed by atoms with E-state index >= 15 is 0 Å². The predicted molar refractivity (Wildman–Crippen MR) is 52.5 cm³/mol.